The molecule has 2 rings (SSSR count). The fraction of sp³-hybridized carbons (Fsp3) is 0.556. The Kier molecular flexibility index (Phi) is 5.42. The Morgan fingerprint density at radius 2 is 1.96 bits per heavy atom. The molecule has 1 aromatic carbocycles. The number of amides is 1. The van der Waals surface area contributed by atoms with Crippen molar-refractivity contribution in [3.63, 3.8) is 0 Å². The molecule has 0 atom stereocenters. The second kappa shape index (κ2) is 7.13. The number of ketones is 1. The number of hydrogen-bond donors (Lipinski definition) is 1. The highest BCUT2D eigenvalue weighted by atomic mass is 16.5. The predicted octanol–water partition coefficient (Wildman–Crippen LogP) is 3.36. The number of carbonyl (C=O) groups is 2. The van der Waals surface area contributed by atoms with Gasteiger partial charge < -0.3 is 14.8 Å². The lowest BCUT2D eigenvalue weighted by atomic mass is 9.89. The maximum absolute atomic E-state index is 12.3. The molecule has 1 aliphatic rings. The van der Waals surface area contributed by atoms with Crippen molar-refractivity contribution < 1.29 is 19.1 Å². The van der Waals surface area contributed by atoms with Crippen LogP contribution in [0.3, 0.4) is 0 Å². The third-order valence-corrected chi connectivity index (χ3v) is 3.56. The molecule has 0 heterocycles. The van der Waals surface area contributed by atoms with Gasteiger partial charge in [0.05, 0.1) is 17.9 Å². The summed E-state index contributed by atoms with van der Waals surface area (Å²) in [5, 5.41) is 2.76. The Morgan fingerprint density at radius 3 is 2.61 bits per heavy atom. The van der Waals surface area contributed by atoms with Crippen molar-refractivity contribution in [2.45, 2.75) is 52.6 Å². The molecule has 1 aliphatic carbocycles. The molecule has 0 fully saturated rings. The minimum Gasteiger partial charge on any atom is -0.489 e. The topological polar surface area (TPSA) is 64.6 Å². The Bertz CT molecular complexity index is 602. The van der Waals surface area contributed by atoms with E-state index in [9.17, 15) is 9.59 Å². The Morgan fingerprint density at radius 1 is 1.22 bits per heavy atom. The summed E-state index contributed by atoms with van der Waals surface area (Å²) in [5.74, 6) is 0.366. The lowest BCUT2D eigenvalue weighted by Gasteiger charge is -2.22. The minimum absolute atomic E-state index is 0.0615. The van der Waals surface area contributed by atoms with E-state index in [1.54, 1.807) is 0 Å². The zero-order chi connectivity index (χ0) is 17.0. The maximum atomic E-state index is 12.3. The van der Waals surface area contributed by atoms with Crippen molar-refractivity contribution in [2.75, 3.05) is 18.5 Å². The van der Waals surface area contributed by atoms with Crippen LogP contribution in [0, 0.1) is 0 Å². The molecule has 1 amide bonds. The van der Waals surface area contributed by atoms with Crippen LogP contribution >= 0.6 is 0 Å². The van der Waals surface area contributed by atoms with Crippen LogP contribution < -0.4 is 10.1 Å². The number of hydrogen-bond acceptors (Lipinski definition) is 4. The molecule has 1 N–H and O–H groups in total. The summed E-state index contributed by atoms with van der Waals surface area (Å²) in [4.78, 5) is 23.8. The average Bonchev–Trinajstić information content (AvgIpc) is 2.43. The van der Waals surface area contributed by atoms with Gasteiger partial charge in [-0.15, -0.1) is 0 Å². The Labute approximate surface area is 137 Å². The largest absolute Gasteiger partial charge is 0.489 e. The fourth-order valence-corrected chi connectivity index (χ4v) is 2.64. The van der Waals surface area contributed by atoms with E-state index >= 15 is 0 Å². The molecule has 0 aliphatic heterocycles. The number of aryl methyl sites for hydroxylation is 1. The Balaban J connectivity index is 2.20. The van der Waals surface area contributed by atoms with Crippen molar-refractivity contribution >= 4 is 17.4 Å². The van der Waals surface area contributed by atoms with E-state index in [0.717, 1.165) is 18.4 Å². The highest BCUT2D eigenvalue weighted by Gasteiger charge is 2.24. The van der Waals surface area contributed by atoms with Crippen LogP contribution in [0.15, 0.2) is 12.1 Å². The van der Waals surface area contributed by atoms with E-state index in [1.165, 1.54) is 6.92 Å². The van der Waals surface area contributed by atoms with Crippen LogP contribution in [0.25, 0.3) is 0 Å². The number of Topliss-reactive ketones (excluding diaryl/α,β-unsaturated/α-hetero) is 1. The summed E-state index contributed by atoms with van der Waals surface area (Å²) in [6.45, 7) is 8.16. The number of anilines is 1. The zero-order valence-electron chi connectivity index (χ0n) is 14.3. The molecule has 0 aromatic heterocycles. The van der Waals surface area contributed by atoms with E-state index in [1.807, 2.05) is 32.9 Å². The second-order valence-corrected chi connectivity index (χ2v) is 6.74. The van der Waals surface area contributed by atoms with E-state index in [4.69, 9.17) is 9.47 Å². The van der Waals surface area contributed by atoms with Crippen LogP contribution in [0.2, 0.25) is 0 Å². The summed E-state index contributed by atoms with van der Waals surface area (Å²) in [6, 6.07) is 3.73. The first-order valence-corrected chi connectivity index (χ1v) is 8.01. The van der Waals surface area contributed by atoms with Crippen LogP contribution in [0.1, 0.15) is 56.5 Å². The van der Waals surface area contributed by atoms with Crippen molar-refractivity contribution in [1.82, 2.24) is 0 Å². The summed E-state index contributed by atoms with van der Waals surface area (Å²) < 4.78 is 11.4. The lowest BCUT2D eigenvalue weighted by molar-refractivity contribution is -0.114. The van der Waals surface area contributed by atoms with Crippen molar-refractivity contribution in [1.29, 1.82) is 0 Å². The molecule has 5 nitrogen and oxygen atoms in total. The van der Waals surface area contributed by atoms with Gasteiger partial charge in [0.15, 0.2) is 5.78 Å². The standard InChI is InChI=1S/C18H25NO4/c1-12(20)19-17-15(22-10-11-23-18(2,3)4)9-8-13-6-5-7-14(21)16(13)17/h8-9H,5-7,10-11H2,1-4H3,(H,19,20). The number of benzene rings is 1. The van der Waals surface area contributed by atoms with Gasteiger partial charge in [-0.1, -0.05) is 6.07 Å². The van der Waals surface area contributed by atoms with Crippen LogP contribution in [0.5, 0.6) is 5.75 Å². The third kappa shape index (κ3) is 4.79. The van der Waals surface area contributed by atoms with E-state index in [-0.39, 0.29) is 17.3 Å². The van der Waals surface area contributed by atoms with Gasteiger partial charge in [-0.2, -0.15) is 0 Å². The maximum Gasteiger partial charge on any atom is 0.221 e. The molecule has 5 heteroatoms. The lowest BCUT2D eigenvalue weighted by Crippen LogP contribution is -2.23. The molecular formula is C18H25NO4. The number of nitrogens with one attached hydrogen (secondary N) is 1. The number of carbonyl (C=O) groups excluding carboxylic acids is 2. The quantitative estimate of drug-likeness (QED) is 0.845. The van der Waals surface area contributed by atoms with E-state index in [0.29, 0.717) is 36.6 Å². The summed E-state index contributed by atoms with van der Waals surface area (Å²) >= 11 is 0. The van der Waals surface area contributed by atoms with Crippen LogP contribution in [0.4, 0.5) is 5.69 Å². The summed E-state index contributed by atoms with van der Waals surface area (Å²) in [5.41, 5.74) is 1.84. The smallest absolute Gasteiger partial charge is 0.221 e. The summed E-state index contributed by atoms with van der Waals surface area (Å²) in [6.07, 6.45) is 2.21. The number of ether oxygens (including phenoxy) is 2. The van der Waals surface area contributed by atoms with Crippen molar-refractivity contribution in [3.8, 4) is 5.75 Å². The molecule has 0 unspecified atom stereocenters. The molecule has 0 spiro atoms. The molecule has 0 radical (unpaired) electrons. The number of fused-ring (bicyclic) bond motifs is 1. The molecule has 126 valence electrons. The average molecular weight is 319 g/mol. The minimum atomic E-state index is -0.227. The molecule has 23 heavy (non-hydrogen) atoms. The van der Waals surface area contributed by atoms with Gasteiger partial charge in [0.2, 0.25) is 5.91 Å². The van der Waals surface area contributed by atoms with Gasteiger partial charge in [0, 0.05) is 18.9 Å². The first kappa shape index (κ1) is 17.5. The molecule has 0 saturated carbocycles. The second-order valence-electron chi connectivity index (χ2n) is 6.74. The van der Waals surface area contributed by atoms with E-state index in [2.05, 4.69) is 5.32 Å². The van der Waals surface area contributed by atoms with Crippen molar-refractivity contribution in [3.05, 3.63) is 23.3 Å². The molecular weight excluding hydrogens is 294 g/mol. The predicted molar refractivity (Wildman–Crippen MR) is 89.2 cm³/mol. The summed E-state index contributed by atoms with van der Waals surface area (Å²) in [7, 11) is 0. The van der Waals surface area contributed by atoms with Crippen LogP contribution in [-0.2, 0) is 16.0 Å². The normalized spacial score (nSPS) is 14.3. The zero-order valence-corrected chi connectivity index (χ0v) is 14.3. The fourth-order valence-electron chi connectivity index (χ4n) is 2.64. The van der Waals surface area contributed by atoms with Crippen molar-refractivity contribution in [2.24, 2.45) is 0 Å². The molecule has 0 bridgehead atoms. The first-order chi connectivity index (χ1) is 10.8. The monoisotopic (exact) mass is 319 g/mol. The SMILES string of the molecule is CC(=O)Nc1c(OCCOC(C)(C)C)ccc2c1C(=O)CCC2. The van der Waals surface area contributed by atoms with Gasteiger partial charge in [0.25, 0.3) is 0 Å². The third-order valence-electron chi connectivity index (χ3n) is 3.56. The van der Waals surface area contributed by atoms with Crippen LogP contribution in [-0.4, -0.2) is 30.5 Å². The van der Waals surface area contributed by atoms with Gasteiger partial charge in [-0.3, -0.25) is 9.59 Å². The number of rotatable bonds is 5. The van der Waals surface area contributed by atoms with Gasteiger partial charge in [-0.05, 0) is 45.2 Å². The first-order valence-electron chi connectivity index (χ1n) is 8.01. The highest BCUT2D eigenvalue weighted by Crippen LogP contribution is 2.35. The van der Waals surface area contributed by atoms with Gasteiger partial charge >= 0.3 is 0 Å². The van der Waals surface area contributed by atoms with Gasteiger partial charge in [0.1, 0.15) is 12.4 Å². The Hall–Kier alpha value is -1.88. The van der Waals surface area contributed by atoms with Gasteiger partial charge in [-0.25, -0.2) is 0 Å². The highest BCUT2D eigenvalue weighted by molar-refractivity contribution is 6.07. The van der Waals surface area contributed by atoms with E-state index < -0.39 is 0 Å². The molecule has 0 saturated heterocycles. The molecule has 1 aromatic rings.